The smallest absolute Gasteiger partial charge is 0.407 e. The Morgan fingerprint density at radius 3 is 2.68 bits per heavy atom. The number of carboxylic acids is 1. The first-order valence-corrected chi connectivity index (χ1v) is 6.53. The quantitative estimate of drug-likeness (QED) is 0.455. The molecule has 6 nitrogen and oxygen atoms in total. The highest BCUT2D eigenvalue weighted by Crippen LogP contribution is 2.32. The number of hydrogen-bond donors (Lipinski definition) is 3. The van der Waals surface area contributed by atoms with Crippen molar-refractivity contribution in [2.24, 2.45) is 11.7 Å². The van der Waals surface area contributed by atoms with E-state index in [1.807, 2.05) is 13.8 Å². The molecule has 6 heteroatoms. The third kappa shape index (κ3) is 5.74. The summed E-state index contributed by atoms with van der Waals surface area (Å²) in [4.78, 5) is 21.9. The standard InChI is InChI=1S/C13H22N2O4/c1-8-7-10(8)9(2)19-13(18)15-6-4-3-5-11(14)12(16)17/h7,9-11H,3-6,14H2,1-2H3,(H,15,18)(H,16,17)/t9?,10?,11-/m0/s1. The van der Waals surface area contributed by atoms with Crippen LogP contribution in [0, 0.1) is 5.92 Å². The molecule has 1 aliphatic rings. The van der Waals surface area contributed by atoms with E-state index >= 15 is 0 Å². The Morgan fingerprint density at radius 1 is 1.53 bits per heavy atom. The predicted molar refractivity (Wildman–Crippen MR) is 70.7 cm³/mol. The van der Waals surface area contributed by atoms with Crippen molar-refractivity contribution >= 4 is 12.1 Å². The Labute approximate surface area is 113 Å². The summed E-state index contributed by atoms with van der Waals surface area (Å²) in [5, 5.41) is 11.2. The van der Waals surface area contributed by atoms with Gasteiger partial charge in [0.1, 0.15) is 12.1 Å². The highest BCUT2D eigenvalue weighted by atomic mass is 16.6. The second-order valence-electron chi connectivity index (χ2n) is 4.91. The van der Waals surface area contributed by atoms with E-state index in [-0.39, 0.29) is 6.10 Å². The van der Waals surface area contributed by atoms with E-state index in [9.17, 15) is 9.59 Å². The number of carboxylic acid groups (broad SMARTS) is 1. The molecule has 108 valence electrons. The van der Waals surface area contributed by atoms with Gasteiger partial charge in [0.05, 0.1) is 0 Å². The first kappa shape index (κ1) is 15.5. The largest absolute Gasteiger partial charge is 0.480 e. The van der Waals surface area contributed by atoms with Gasteiger partial charge >= 0.3 is 12.1 Å². The number of nitrogens with two attached hydrogens (primary N) is 1. The lowest BCUT2D eigenvalue weighted by Crippen LogP contribution is -2.31. The Bertz CT molecular complexity index is 368. The summed E-state index contributed by atoms with van der Waals surface area (Å²) in [5.74, 6) is -0.701. The summed E-state index contributed by atoms with van der Waals surface area (Å²) in [6, 6.07) is -0.823. The maximum atomic E-state index is 11.4. The topological polar surface area (TPSA) is 102 Å². The van der Waals surface area contributed by atoms with Gasteiger partial charge < -0.3 is 20.9 Å². The number of hydrogen-bond acceptors (Lipinski definition) is 4. The van der Waals surface area contributed by atoms with Gasteiger partial charge in [-0.2, -0.15) is 0 Å². The molecule has 0 aromatic carbocycles. The Kier molecular flexibility index (Phi) is 5.82. The second kappa shape index (κ2) is 7.13. The molecular weight excluding hydrogens is 248 g/mol. The number of ether oxygens (including phenoxy) is 1. The fraction of sp³-hybridized carbons (Fsp3) is 0.692. The van der Waals surface area contributed by atoms with Crippen molar-refractivity contribution in [3.63, 3.8) is 0 Å². The molecule has 0 radical (unpaired) electrons. The molecule has 0 aromatic rings. The minimum Gasteiger partial charge on any atom is -0.480 e. The van der Waals surface area contributed by atoms with Gasteiger partial charge in [-0.15, -0.1) is 0 Å². The highest BCUT2D eigenvalue weighted by molar-refractivity contribution is 5.72. The van der Waals surface area contributed by atoms with E-state index in [2.05, 4.69) is 11.4 Å². The number of alkyl carbamates (subject to hydrolysis) is 1. The second-order valence-corrected chi connectivity index (χ2v) is 4.91. The van der Waals surface area contributed by atoms with Gasteiger partial charge in [0.2, 0.25) is 0 Å². The molecule has 1 rings (SSSR count). The van der Waals surface area contributed by atoms with Crippen LogP contribution in [-0.4, -0.2) is 35.9 Å². The zero-order chi connectivity index (χ0) is 14.4. The number of nitrogens with one attached hydrogen (secondary N) is 1. The molecule has 2 unspecified atom stereocenters. The van der Waals surface area contributed by atoms with Crippen molar-refractivity contribution < 1.29 is 19.4 Å². The molecule has 0 saturated heterocycles. The summed E-state index contributed by atoms with van der Waals surface area (Å²) >= 11 is 0. The average Bonchev–Trinajstić information content (AvgIpc) is 3.05. The van der Waals surface area contributed by atoms with E-state index < -0.39 is 18.1 Å². The van der Waals surface area contributed by atoms with Gasteiger partial charge in [-0.25, -0.2) is 4.79 Å². The first-order valence-electron chi connectivity index (χ1n) is 6.53. The van der Waals surface area contributed by atoms with E-state index in [0.717, 1.165) is 0 Å². The minimum absolute atomic E-state index is 0.125. The fourth-order valence-electron chi connectivity index (χ4n) is 1.83. The molecule has 4 N–H and O–H groups in total. The van der Waals surface area contributed by atoms with Crippen LogP contribution in [0.15, 0.2) is 11.6 Å². The summed E-state index contributed by atoms with van der Waals surface area (Å²) in [7, 11) is 0. The lowest BCUT2D eigenvalue weighted by atomic mass is 10.1. The lowest BCUT2D eigenvalue weighted by Gasteiger charge is -2.14. The Hall–Kier alpha value is -1.56. The van der Waals surface area contributed by atoms with Gasteiger partial charge in [-0.05, 0) is 33.1 Å². The van der Waals surface area contributed by atoms with Crippen LogP contribution in [0.5, 0.6) is 0 Å². The van der Waals surface area contributed by atoms with Gasteiger partial charge in [0, 0.05) is 12.5 Å². The van der Waals surface area contributed by atoms with Gasteiger partial charge in [-0.1, -0.05) is 11.6 Å². The van der Waals surface area contributed by atoms with Gasteiger partial charge in [0.15, 0.2) is 0 Å². The Morgan fingerprint density at radius 2 is 2.16 bits per heavy atom. The normalized spacial score (nSPS) is 20.2. The molecule has 0 fully saturated rings. The van der Waals surface area contributed by atoms with Crippen molar-refractivity contribution in [3.8, 4) is 0 Å². The molecule has 0 aliphatic heterocycles. The summed E-state index contributed by atoms with van der Waals surface area (Å²) in [6.45, 7) is 4.34. The van der Waals surface area contributed by atoms with Crippen LogP contribution in [0.3, 0.4) is 0 Å². The Balaban J connectivity index is 2.00. The minimum atomic E-state index is -0.992. The molecule has 0 heterocycles. The average molecular weight is 270 g/mol. The number of aliphatic carboxylic acids is 1. The highest BCUT2D eigenvalue weighted by Gasteiger charge is 2.29. The van der Waals surface area contributed by atoms with Crippen LogP contribution < -0.4 is 11.1 Å². The van der Waals surface area contributed by atoms with Crippen molar-refractivity contribution in [1.29, 1.82) is 0 Å². The van der Waals surface area contributed by atoms with Crippen molar-refractivity contribution in [2.45, 2.75) is 45.3 Å². The summed E-state index contributed by atoms with van der Waals surface area (Å²) < 4.78 is 5.19. The number of unbranched alkanes of at least 4 members (excludes halogenated alkanes) is 1. The van der Waals surface area contributed by atoms with E-state index in [1.54, 1.807) is 0 Å². The molecule has 3 atom stereocenters. The molecule has 1 aliphatic carbocycles. The van der Waals surface area contributed by atoms with Crippen LogP contribution in [0.25, 0.3) is 0 Å². The molecule has 0 bridgehead atoms. The van der Waals surface area contributed by atoms with Crippen LogP contribution in [0.1, 0.15) is 33.1 Å². The number of amides is 1. The third-order valence-corrected chi connectivity index (χ3v) is 3.19. The van der Waals surface area contributed by atoms with Crippen LogP contribution in [0.4, 0.5) is 4.79 Å². The monoisotopic (exact) mass is 270 g/mol. The van der Waals surface area contributed by atoms with Crippen molar-refractivity contribution in [3.05, 3.63) is 11.6 Å². The van der Waals surface area contributed by atoms with E-state index in [0.29, 0.717) is 31.7 Å². The molecular formula is C13H22N2O4. The van der Waals surface area contributed by atoms with Crippen molar-refractivity contribution in [1.82, 2.24) is 5.32 Å². The van der Waals surface area contributed by atoms with Gasteiger partial charge in [0.25, 0.3) is 0 Å². The van der Waals surface area contributed by atoms with E-state index in [4.69, 9.17) is 15.6 Å². The van der Waals surface area contributed by atoms with Crippen LogP contribution in [0.2, 0.25) is 0 Å². The summed E-state index contributed by atoms with van der Waals surface area (Å²) in [6.07, 6.45) is 3.26. The number of carbonyl (C=O) groups is 2. The van der Waals surface area contributed by atoms with Gasteiger partial charge in [-0.3, -0.25) is 4.79 Å². The van der Waals surface area contributed by atoms with Crippen molar-refractivity contribution in [2.75, 3.05) is 6.54 Å². The maximum Gasteiger partial charge on any atom is 0.407 e. The molecule has 19 heavy (non-hydrogen) atoms. The molecule has 0 spiro atoms. The van der Waals surface area contributed by atoms with Crippen LogP contribution in [-0.2, 0) is 9.53 Å². The van der Waals surface area contributed by atoms with E-state index in [1.165, 1.54) is 5.57 Å². The predicted octanol–water partition coefficient (Wildman–Crippen LogP) is 1.26. The first-order chi connectivity index (χ1) is 8.91. The lowest BCUT2D eigenvalue weighted by molar-refractivity contribution is -0.138. The maximum absolute atomic E-state index is 11.4. The molecule has 1 amide bonds. The SMILES string of the molecule is CC1=CC1C(C)OC(=O)NCCCC[C@H](N)C(=O)O. The number of rotatable bonds is 8. The third-order valence-electron chi connectivity index (χ3n) is 3.19. The molecule has 0 aromatic heterocycles. The zero-order valence-corrected chi connectivity index (χ0v) is 11.4. The molecule has 0 saturated carbocycles. The van der Waals surface area contributed by atoms with Crippen LogP contribution >= 0.6 is 0 Å². The summed E-state index contributed by atoms with van der Waals surface area (Å²) in [5.41, 5.74) is 6.61. The number of carbonyl (C=O) groups excluding carboxylic acids is 1. The zero-order valence-electron chi connectivity index (χ0n) is 11.4. The fourth-order valence-corrected chi connectivity index (χ4v) is 1.83.